The van der Waals surface area contributed by atoms with Crippen LogP contribution in [0.15, 0.2) is 12.3 Å². The lowest BCUT2D eigenvalue weighted by Gasteiger charge is -2.37. The summed E-state index contributed by atoms with van der Waals surface area (Å²) in [6.45, 7) is 7.49. The molecule has 1 saturated carbocycles. The largest absolute Gasteiger partial charge is 0.472 e. The minimum Gasteiger partial charge on any atom is -0.472 e. The number of carbonyl (C=O) groups is 2. The van der Waals surface area contributed by atoms with Gasteiger partial charge in [0.1, 0.15) is 17.3 Å². The molecule has 0 bridgehead atoms. The van der Waals surface area contributed by atoms with Crippen molar-refractivity contribution in [2.24, 2.45) is 11.8 Å². The Hall–Kier alpha value is -2.63. The Morgan fingerprint density at radius 3 is 2.73 bits per heavy atom. The number of hydrogen-bond donors (Lipinski definition) is 2. The van der Waals surface area contributed by atoms with Gasteiger partial charge in [-0.3, -0.25) is 9.59 Å². The van der Waals surface area contributed by atoms with Crippen LogP contribution in [-0.4, -0.2) is 81.3 Å². The smallest absolute Gasteiger partial charge is 0.259 e. The predicted octanol–water partition coefficient (Wildman–Crippen LogP) is 1.68. The SMILES string of the molecule is C[C@H]1CN([C@@H](C)CO)C(=O)c2cc(C#CC(C)(C)O)cnc2O[C@@H]1CN(C)C(=O)CC1CC1. The van der Waals surface area contributed by atoms with Crippen LogP contribution >= 0.6 is 0 Å². The van der Waals surface area contributed by atoms with E-state index in [0.29, 0.717) is 31.0 Å². The molecule has 1 aliphatic carbocycles. The predicted molar refractivity (Wildman–Crippen MR) is 124 cm³/mol. The molecule has 2 amide bonds. The summed E-state index contributed by atoms with van der Waals surface area (Å²) in [5.41, 5.74) is -0.451. The monoisotopic (exact) mass is 457 g/mol. The van der Waals surface area contributed by atoms with Crippen molar-refractivity contribution >= 4 is 11.8 Å². The zero-order valence-electron chi connectivity index (χ0n) is 20.2. The van der Waals surface area contributed by atoms with Crippen LogP contribution in [0.2, 0.25) is 0 Å². The van der Waals surface area contributed by atoms with E-state index in [4.69, 9.17) is 4.74 Å². The van der Waals surface area contributed by atoms with E-state index in [1.165, 1.54) is 6.20 Å². The molecular formula is C25H35N3O5. The van der Waals surface area contributed by atoms with Crippen molar-refractivity contribution in [2.75, 3.05) is 26.7 Å². The Bertz CT molecular complexity index is 942. The van der Waals surface area contributed by atoms with Crippen LogP contribution in [0.4, 0.5) is 0 Å². The zero-order chi connectivity index (χ0) is 24.3. The molecule has 1 aliphatic heterocycles. The molecule has 0 saturated heterocycles. The summed E-state index contributed by atoms with van der Waals surface area (Å²) in [4.78, 5) is 33.6. The Morgan fingerprint density at radius 2 is 2.12 bits per heavy atom. The third-order valence-corrected chi connectivity index (χ3v) is 6.07. The minimum absolute atomic E-state index is 0.0938. The van der Waals surface area contributed by atoms with Crippen molar-refractivity contribution in [3.63, 3.8) is 0 Å². The van der Waals surface area contributed by atoms with Crippen LogP contribution in [0.1, 0.15) is 62.9 Å². The number of aliphatic hydroxyl groups is 2. The fourth-order valence-electron chi connectivity index (χ4n) is 3.71. The summed E-state index contributed by atoms with van der Waals surface area (Å²) >= 11 is 0. The van der Waals surface area contributed by atoms with E-state index >= 15 is 0 Å². The lowest BCUT2D eigenvalue weighted by Crippen LogP contribution is -2.50. The van der Waals surface area contributed by atoms with Crippen molar-refractivity contribution in [3.05, 3.63) is 23.4 Å². The van der Waals surface area contributed by atoms with Gasteiger partial charge >= 0.3 is 0 Å². The van der Waals surface area contributed by atoms with E-state index in [0.717, 1.165) is 12.8 Å². The van der Waals surface area contributed by atoms with Gasteiger partial charge in [0, 0.05) is 37.7 Å². The second-order valence-electron chi connectivity index (χ2n) is 9.93. The highest BCUT2D eigenvalue weighted by molar-refractivity contribution is 5.97. The topological polar surface area (TPSA) is 103 Å². The highest BCUT2D eigenvalue weighted by Gasteiger charge is 2.35. The number of ether oxygens (including phenoxy) is 1. The number of hydrogen-bond acceptors (Lipinski definition) is 6. The molecule has 3 atom stereocenters. The number of aliphatic hydroxyl groups excluding tert-OH is 1. The average molecular weight is 458 g/mol. The first-order valence-corrected chi connectivity index (χ1v) is 11.6. The summed E-state index contributed by atoms with van der Waals surface area (Å²) in [7, 11) is 1.78. The maximum absolute atomic E-state index is 13.4. The lowest BCUT2D eigenvalue weighted by atomic mass is 9.99. The molecular weight excluding hydrogens is 422 g/mol. The third kappa shape index (κ3) is 6.68. The van der Waals surface area contributed by atoms with Gasteiger partial charge in [-0.15, -0.1) is 0 Å². The van der Waals surface area contributed by atoms with E-state index < -0.39 is 11.6 Å². The molecule has 1 aromatic rings. The number of rotatable bonds is 6. The van der Waals surface area contributed by atoms with Gasteiger partial charge in [-0.2, -0.15) is 0 Å². The Labute approximate surface area is 195 Å². The average Bonchev–Trinajstić information content (AvgIpc) is 3.57. The standard InChI is InChI=1S/C25H35N3O5/c1-16-13-28(17(2)15-29)24(31)20-10-19(8-9-25(3,4)32)12-26-23(20)33-21(16)14-27(5)22(30)11-18-6-7-18/h10,12,16-18,21,29,32H,6-7,11,13-15H2,1-5H3/t16-,17-,21+/m0/s1. The van der Waals surface area contributed by atoms with Gasteiger partial charge in [0.15, 0.2) is 0 Å². The van der Waals surface area contributed by atoms with Crippen LogP contribution in [0, 0.1) is 23.7 Å². The first kappa shape index (κ1) is 25.0. The van der Waals surface area contributed by atoms with Gasteiger partial charge in [-0.05, 0) is 45.6 Å². The number of aromatic nitrogens is 1. The van der Waals surface area contributed by atoms with Crippen LogP contribution in [0.3, 0.4) is 0 Å². The maximum atomic E-state index is 13.4. The van der Waals surface area contributed by atoms with Crippen LogP contribution < -0.4 is 4.74 Å². The zero-order valence-corrected chi connectivity index (χ0v) is 20.2. The molecule has 8 heteroatoms. The molecule has 0 aromatic carbocycles. The highest BCUT2D eigenvalue weighted by Crippen LogP contribution is 2.33. The molecule has 0 spiro atoms. The number of nitrogens with zero attached hydrogens (tertiary/aromatic N) is 3. The molecule has 0 unspecified atom stereocenters. The number of likely N-dealkylation sites (N-methyl/N-ethyl adjacent to an activating group) is 1. The molecule has 0 radical (unpaired) electrons. The normalized spacial score (nSPS) is 21.7. The Kier molecular flexibility index (Phi) is 7.65. The highest BCUT2D eigenvalue weighted by atomic mass is 16.5. The van der Waals surface area contributed by atoms with E-state index in [1.54, 1.807) is 43.7 Å². The number of pyridine rings is 1. The Morgan fingerprint density at radius 1 is 1.42 bits per heavy atom. The molecule has 2 heterocycles. The fourth-order valence-corrected chi connectivity index (χ4v) is 3.71. The van der Waals surface area contributed by atoms with Crippen LogP contribution in [0.5, 0.6) is 5.88 Å². The number of amides is 2. The van der Waals surface area contributed by atoms with Gasteiger partial charge < -0.3 is 24.7 Å². The summed E-state index contributed by atoms with van der Waals surface area (Å²) in [6, 6.07) is 1.21. The first-order valence-electron chi connectivity index (χ1n) is 11.6. The molecule has 2 N–H and O–H groups in total. The molecule has 2 aliphatic rings. The molecule has 1 fully saturated rings. The van der Waals surface area contributed by atoms with Crippen LogP contribution in [-0.2, 0) is 4.79 Å². The van der Waals surface area contributed by atoms with Crippen molar-refractivity contribution in [1.29, 1.82) is 0 Å². The summed E-state index contributed by atoms with van der Waals surface area (Å²) in [5.74, 6) is 5.96. The third-order valence-electron chi connectivity index (χ3n) is 6.07. The Balaban J connectivity index is 1.92. The van der Waals surface area contributed by atoms with E-state index in [1.807, 2.05) is 6.92 Å². The van der Waals surface area contributed by atoms with E-state index in [9.17, 15) is 19.8 Å². The number of carbonyl (C=O) groups excluding carboxylic acids is 2. The first-order chi connectivity index (χ1) is 15.5. The van der Waals surface area contributed by atoms with Gasteiger partial charge in [-0.1, -0.05) is 18.8 Å². The summed E-state index contributed by atoms with van der Waals surface area (Å²) in [6.07, 6.45) is 3.92. The quantitative estimate of drug-likeness (QED) is 0.630. The maximum Gasteiger partial charge on any atom is 0.259 e. The molecule has 33 heavy (non-hydrogen) atoms. The number of fused-ring (bicyclic) bond motifs is 1. The minimum atomic E-state index is -1.18. The van der Waals surface area contributed by atoms with Gasteiger partial charge in [0.25, 0.3) is 5.91 Å². The van der Waals surface area contributed by atoms with Gasteiger partial charge in [0.05, 0.1) is 19.2 Å². The second-order valence-corrected chi connectivity index (χ2v) is 9.93. The fraction of sp³-hybridized carbons (Fsp3) is 0.640. The molecule has 180 valence electrons. The summed E-state index contributed by atoms with van der Waals surface area (Å²) < 4.78 is 6.21. The van der Waals surface area contributed by atoms with E-state index in [2.05, 4.69) is 16.8 Å². The van der Waals surface area contributed by atoms with Gasteiger partial charge in [-0.25, -0.2) is 4.98 Å². The molecule has 1 aromatic heterocycles. The van der Waals surface area contributed by atoms with Crippen molar-refractivity contribution in [3.8, 4) is 17.7 Å². The molecule has 8 nitrogen and oxygen atoms in total. The summed E-state index contributed by atoms with van der Waals surface area (Å²) in [5, 5.41) is 19.7. The van der Waals surface area contributed by atoms with Crippen molar-refractivity contribution in [1.82, 2.24) is 14.8 Å². The van der Waals surface area contributed by atoms with Crippen molar-refractivity contribution in [2.45, 2.75) is 64.7 Å². The van der Waals surface area contributed by atoms with Crippen LogP contribution in [0.25, 0.3) is 0 Å². The second kappa shape index (κ2) is 10.1. The molecule has 3 rings (SSSR count). The van der Waals surface area contributed by atoms with Gasteiger partial charge in [0.2, 0.25) is 11.8 Å². The lowest BCUT2D eigenvalue weighted by molar-refractivity contribution is -0.131. The van der Waals surface area contributed by atoms with E-state index in [-0.39, 0.29) is 41.9 Å². The van der Waals surface area contributed by atoms with Crippen molar-refractivity contribution < 1.29 is 24.5 Å².